The first-order valence-corrected chi connectivity index (χ1v) is 8.10. The fourth-order valence-electron chi connectivity index (χ4n) is 2.72. The zero-order valence-electron chi connectivity index (χ0n) is 13.7. The van der Waals surface area contributed by atoms with Crippen molar-refractivity contribution in [1.29, 1.82) is 0 Å². The van der Waals surface area contributed by atoms with Gasteiger partial charge >= 0.3 is 6.18 Å². The number of amides is 1. The molecule has 0 bridgehead atoms. The van der Waals surface area contributed by atoms with E-state index in [1.54, 1.807) is 30.3 Å². The molecule has 0 spiro atoms. The first kappa shape index (κ1) is 18.2. The minimum absolute atomic E-state index is 0.0464. The molecule has 0 radical (unpaired) electrons. The molecule has 1 heterocycles. The van der Waals surface area contributed by atoms with E-state index in [9.17, 15) is 18.0 Å². The van der Waals surface area contributed by atoms with Gasteiger partial charge in [0.15, 0.2) is 0 Å². The van der Waals surface area contributed by atoms with Gasteiger partial charge in [-0.3, -0.25) is 4.79 Å². The van der Waals surface area contributed by atoms with Gasteiger partial charge in [-0.1, -0.05) is 29.8 Å². The topological polar surface area (TPSA) is 33.2 Å². The Labute approximate surface area is 153 Å². The van der Waals surface area contributed by atoms with Crippen molar-refractivity contribution in [1.82, 2.24) is 9.88 Å². The van der Waals surface area contributed by atoms with Crippen LogP contribution in [0.25, 0.3) is 10.9 Å². The third kappa shape index (κ3) is 3.80. The monoisotopic (exact) mass is 378 g/mol. The Hall–Kier alpha value is -2.60. The van der Waals surface area contributed by atoms with Gasteiger partial charge in [0.2, 0.25) is 0 Å². The van der Waals surface area contributed by atoms with E-state index < -0.39 is 11.7 Å². The van der Waals surface area contributed by atoms with E-state index in [1.165, 1.54) is 30.1 Å². The molecule has 0 N–H and O–H groups in total. The van der Waals surface area contributed by atoms with E-state index in [0.29, 0.717) is 16.2 Å². The summed E-state index contributed by atoms with van der Waals surface area (Å²) in [5, 5.41) is 1.07. The van der Waals surface area contributed by atoms with Crippen molar-refractivity contribution < 1.29 is 18.0 Å². The van der Waals surface area contributed by atoms with Crippen LogP contribution in [0.5, 0.6) is 0 Å². The fourth-order valence-corrected chi connectivity index (χ4v) is 2.87. The van der Waals surface area contributed by atoms with Crippen LogP contribution in [0.3, 0.4) is 0 Å². The Bertz CT molecular complexity index is 972. The van der Waals surface area contributed by atoms with Crippen LogP contribution >= 0.6 is 11.6 Å². The molecular formula is C19H14ClF3N2O. The Morgan fingerprint density at radius 3 is 2.58 bits per heavy atom. The standard InChI is InChI=1S/C19H14ClF3N2O/c1-25(11-14-4-2-3-5-15(14)19(21,22)23)18(26)13-6-8-16-12(10-13)7-9-17(20)24-16/h2-10H,11H2,1H3. The molecule has 0 atom stereocenters. The van der Waals surface area contributed by atoms with Crippen molar-refractivity contribution in [3.8, 4) is 0 Å². The van der Waals surface area contributed by atoms with E-state index >= 15 is 0 Å². The average molecular weight is 379 g/mol. The number of halogens is 4. The van der Waals surface area contributed by atoms with Gasteiger partial charge in [0.25, 0.3) is 5.91 Å². The summed E-state index contributed by atoms with van der Waals surface area (Å²) in [7, 11) is 1.47. The number of aromatic nitrogens is 1. The van der Waals surface area contributed by atoms with Gasteiger partial charge in [-0.15, -0.1) is 0 Å². The Morgan fingerprint density at radius 1 is 1.12 bits per heavy atom. The largest absolute Gasteiger partial charge is 0.416 e. The van der Waals surface area contributed by atoms with E-state index in [4.69, 9.17) is 11.6 Å². The number of hydrogen-bond acceptors (Lipinski definition) is 2. The maximum atomic E-state index is 13.1. The quantitative estimate of drug-likeness (QED) is 0.588. The number of carbonyl (C=O) groups is 1. The van der Waals surface area contributed by atoms with Crippen LogP contribution in [-0.4, -0.2) is 22.8 Å². The maximum absolute atomic E-state index is 13.1. The number of fused-ring (bicyclic) bond motifs is 1. The zero-order valence-corrected chi connectivity index (χ0v) is 14.5. The lowest BCUT2D eigenvalue weighted by atomic mass is 10.1. The molecule has 0 aliphatic carbocycles. The Kier molecular flexibility index (Phi) is 4.87. The van der Waals surface area contributed by atoms with Crippen molar-refractivity contribution >= 4 is 28.4 Å². The third-order valence-electron chi connectivity index (χ3n) is 3.98. The third-order valence-corrected chi connectivity index (χ3v) is 4.19. The molecule has 3 aromatic rings. The summed E-state index contributed by atoms with van der Waals surface area (Å²) < 4.78 is 39.3. The number of alkyl halides is 3. The minimum Gasteiger partial charge on any atom is -0.337 e. The van der Waals surface area contributed by atoms with Crippen LogP contribution in [0.2, 0.25) is 5.15 Å². The maximum Gasteiger partial charge on any atom is 0.416 e. The van der Waals surface area contributed by atoms with Gasteiger partial charge < -0.3 is 4.90 Å². The molecule has 1 aromatic heterocycles. The zero-order chi connectivity index (χ0) is 18.9. The van der Waals surface area contributed by atoms with Crippen LogP contribution in [0, 0.1) is 0 Å². The van der Waals surface area contributed by atoms with Crippen LogP contribution in [0.4, 0.5) is 13.2 Å². The summed E-state index contributed by atoms with van der Waals surface area (Å²) in [4.78, 5) is 18.0. The molecule has 7 heteroatoms. The first-order chi connectivity index (χ1) is 12.3. The molecule has 0 saturated carbocycles. The summed E-state index contributed by atoms with van der Waals surface area (Å²) in [6, 6.07) is 13.5. The lowest BCUT2D eigenvalue weighted by Gasteiger charge is -2.20. The molecule has 2 aromatic carbocycles. The second-order valence-corrected chi connectivity index (χ2v) is 6.24. The molecule has 3 rings (SSSR count). The van der Waals surface area contributed by atoms with E-state index in [1.807, 2.05) is 0 Å². The van der Waals surface area contributed by atoms with Crippen LogP contribution in [-0.2, 0) is 12.7 Å². The van der Waals surface area contributed by atoms with Crippen molar-refractivity contribution in [2.75, 3.05) is 7.05 Å². The number of pyridine rings is 1. The molecule has 0 unspecified atom stereocenters. The normalized spacial score (nSPS) is 11.6. The van der Waals surface area contributed by atoms with Crippen molar-refractivity contribution in [3.63, 3.8) is 0 Å². The van der Waals surface area contributed by atoms with Gasteiger partial charge in [0.1, 0.15) is 5.15 Å². The van der Waals surface area contributed by atoms with Gasteiger partial charge in [-0.2, -0.15) is 13.2 Å². The minimum atomic E-state index is -4.46. The van der Waals surface area contributed by atoms with E-state index in [0.717, 1.165) is 11.5 Å². The second kappa shape index (κ2) is 6.96. The number of hydrogen-bond donors (Lipinski definition) is 0. The predicted octanol–water partition coefficient (Wildman–Crippen LogP) is 5.18. The lowest BCUT2D eigenvalue weighted by Crippen LogP contribution is -2.27. The Morgan fingerprint density at radius 2 is 1.85 bits per heavy atom. The smallest absolute Gasteiger partial charge is 0.337 e. The highest BCUT2D eigenvalue weighted by molar-refractivity contribution is 6.29. The van der Waals surface area contributed by atoms with Crippen LogP contribution < -0.4 is 0 Å². The summed E-state index contributed by atoms with van der Waals surface area (Å²) >= 11 is 5.84. The first-order valence-electron chi connectivity index (χ1n) is 7.72. The average Bonchev–Trinajstić information content (AvgIpc) is 2.60. The molecule has 0 fully saturated rings. The van der Waals surface area contributed by atoms with Gasteiger partial charge in [-0.25, -0.2) is 4.98 Å². The van der Waals surface area contributed by atoms with Crippen LogP contribution in [0.15, 0.2) is 54.6 Å². The number of nitrogens with zero attached hydrogens (tertiary/aromatic N) is 2. The number of benzene rings is 2. The second-order valence-electron chi connectivity index (χ2n) is 5.86. The van der Waals surface area contributed by atoms with Crippen molar-refractivity contribution in [2.45, 2.75) is 12.7 Å². The fraction of sp³-hybridized carbons (Fsp3) is 0.158. The summed E-state index contributed by atoms with van der Waals surface area (Å²) in [5.74, 6) is -0.376. The van der Waals surface area contributed by atoms with Gasteiger partial charge in [-0.05, 0) is 42.0 Å². The molecule has 1 amide bonds. The Balaban J connectivity index is 1.86. The van der Waals surface area contributed by atoms with Gasteiger partial charge in [0.05, 0.1) is 11.1 Å². The highest BCUT2D eigenvalue weighted by Gasteiger charge is 2.33. The van der Waals surface area contributed by atoms with E-state index in [2.05, 4.69) is 4.98 Å². The highest BCUT2D eigenvalue weighted by atomic mass is 35.5. The molecule has 26 heavy (non-hydrogen) atoms. The number of carbonyl (C=O) groups excluding carboxylic acids is 1. The SMILES string of the molecule is CN(Cc1ccccc1C(F)(F)F)C(=O)c1ccc2nc(Cl)ccc2c1. The lowest BCUT2D eigenvalue weighted by molar-refractivity contribution is -0.138. The molecular weight excluding hydrogens is 365 g/mol. The molecule has 0 aliphatic heterocycles. The predicted molar refractivity (Wildman–Crippen MR) is 94.0 cm³/mol. The summed E-state index contributed by atoms with van der Waals surface area (Å²) in [6.45, 7) is -0.147. The summed E-state index contributed by atoms with van der Waals surface area (Å²) in [5.41, 5.74) is 0.315. The van der Waals surface area contributed by atoms with Crippen molar-refractivity contribution in [3.05, 3.63) is 76.4 Å². The molecule has 3 nitrogen and oxygen atoms in total. The summed E-state index contributed by atoms with van der Waals surface area (Å²) in [6.07, 6.45) is -4.46. The van der Waals surface area contributed by atoms with Gasteiger partial charge in [0, 0.05) is 24.5 Å². The molecule has 0 saturated heterocycles. The molecule has 0 aliphatic rings. The highest BCUT2D eigenvalue weighted by Crippen LogP contribution is 2.32. The molecule has 134 valence electrons. The van der Waals surface area contributed by atoms with E-state index in [-0.39, 0.29) is 18.0 Å². The van der Waals surface area contributed by atoms with Crippen LogP contribution in [0.1, 0.15) is 21.5 Å². The number of rotatable bonds is 3. The van der Waals surface area contributed by atoms with Crippen molar-refractivity contribution in [2.24, 2.45) is 0 Å².